The highest BCUT2D eigenvalue weighted by molar-refractivity contribution is 5.32. The fourth-order valence-corrected chi connectivity index (χ4v) is 1.97. The summed E-state index contributed by atoms with van der Waals surface area (Å²) in [5.41, 5.74) is 4.46. The van der Waals surface area contributed by atoms with Crippen LogP contribution in [0.4, 0.5) is 0 Å². The zero-order chi connectivity index (χ0) is 12.3. The van der Waals surface area contributed by atoms with Crippen molar-refractivity contribution in [3.63, 3.8) is 0 Å². The monoisotopic (exact) mass is 227 g/mol. The van der Waals surface area contributed by atoms with Gasteiger partial charge in [0.1, 0.15) is 0 Å². The van der Waals surface area contributed by atoms with E-state index in [1.165, 1.54) is 11.1 Å². The molecule has 0 aliphatic heterocycles. The molecule has 2 heterocycles. The van der Waals surface area contributed by atoms with Crippen molar-refractivity contribution in [1.29, 1.82) is 0 Å². The molecule has 0 radical (unpaired) electrons. The number of nitrogens with zero attached hydrogens (tertiary/aromatic N) is 2. The zero-order valence-corrected chi connectivity index (χ0v) is 10.4. The van der Waals surface area contributed by atoms with Crippen molar-refractivity contribution in [2.75, 3.05) is 7.05 Å². The van der Waals surface area contributed by atoms with E-state index in [0.717, 1.165) is 11.4 Å². The van der Waals surface area contributed by atoms with Crippen LogP contribution in [0.15, 0.2) is 36.7 Å². The Morgan fingerprint density at radius 3 is 2.65 bits per heavy atom. The third-order valence-corrected chi connectivity index (χ3v) is 2.88. The Balaban J connectivity index is 2.44. The molecule has 2 aromatic rings. The van der Waals surface area contributed by atoms with Crippen LogP contribution in [0, 0.1) is 13.8 Å². The van der Waals surface area contributed by atoms with Crippen molar-refractivity contribution in [1.82, 2.24) is 15.3 Å². The third-order valence-electron chi connectivity index (χ3n) is 2.88. The second kappa shape index (κ2) is 5.06. The van der Waals surface area contributed by atoms with Gasteiger partial charge in [0, 0.05) is 18.1 Å². The normalized spacial score (nSPS) is 12.4. The van der Waals surface area contributed by atoms with Crippen LogP contribution in [0.3, 0.4) is 0 Å². The topological polar surface area (TPSA) is 37.8 Å². The molecule has 0 fully saturated rings. The minimum absolute atomic E-state index is 0.101. The highest BCUT2D eigenvalue weighted by Crippen LogP contribution is 2.22. The minimum Gasteiger partial charge on any atom is -0.308 e. The van der Waals surface area contributed by atoms with Gasteiger partial charge in [0.05, 0.1) is 11.7 Å². The van der Waals surface area contributed by atoms with Crippen LogP contribution in [0.1, 0.15) is 28.6 Å². The van der Waals surface area contributed by atoms with Crippen molar-refractivity contribution < 1.29 is 0 Å². The van der Waals surface area contributed by atoms with Gasteiger partial charge in [-0.25, -0.2) is 0 Å². The number of rotatable bonds is 3. The van der Waals surface area contributed by atoms with Crippen LogP contribution >= 0.6 is 0 Å². The van der Waals surface area contributed by atoms with Crippen molar-refractivity contribution >= 4 is 0 Å². The molecule has 0 aliphatic carbocycles. The van der Waals surface area contributed by atoms with Crippen LogP contribution in [0.25, 0.3) is 0 Å². The Kier molecular flexibility index (Phi) is 3.49. The Morgan fingerprint density at radius 2 is 2.00 bits per heavy atom. The first-order valence-corrected chi connectivity index (χ1v) is 5.73. The standard InChI is InChI=1S/C14H17N3/c1-10-7-8-16-9-12(10)14(15-3)13-6-4-5-11(2)17-13/h4-9,14-15H,1-3H3. The smallest absolute Gasteiger partial charge is 0.0766 e. The highest BCUT2D eigenvalue weighted by Gasteiger charge is 2.15. The summed E-state index contributed by atoms with van der Waals surface area (Å²) >= 11 is 0. The quantitative estimate of drug-likeness (QED) is 0.875. The van der Waals surface area contributed by atoms with E-state index in [1.807, 2.05) is 50.6 Å². The summed E-state index contributed by atoms with van der Waals surface area (Å²) in [5, 5.41) is 3.30. The highest BCUT2D eigenvalue weighted by atomic mass is 14.9. The lowest BCUT2D eigenvalue weighted by atomic mass is 10.0. The maximum atomic E-state index is 4.57. The average molecular weight is 227 g/mol. The minimum atomic E-state index is 0.101. The molecule has 0 amide bonds. The van der Waals surface area contributed by atoms with Crippen LogP contribution in [0.2, 0.25) is 0 Å². The molecule has 0 aromatic carbocycles. The van der Waals surface area contributed by atoms with Gasteiger partial charge in [-0.2, -0.15) is 0 Å². The molecule has 0 aliphatic rings. The van der Waals surface area contributed by atoms with Crippen molar-refractivity contribution in [3.05, 3.63) is 59.2 Å². The van der Waals surface area contributed by atoms with E-state index in [2.05, 4.69) is 22.2 Å². The summed E-state index contributed by atoms with van der Waals surface area (Å²) < 4.78 is 0. The largest absolute Gasteiger partial charge is 0.308 e. The maximum Gasteiger partial charge on any atom is 0.0766 e. The van der Waals surface area contributed by atoms with Crippen LogP contribution < -0.4 is 5.32 Å². The fraction of sp³-hybridized carbons (Fsp3) is 0.286. The molecule has 88 valence electrons. The zero-order valence-electron chi connectivity index (χ0n) is 10.4. The maximum absolute atomic E-state index is 4.57. The Morgan fingerprint density at radius 1 is 1.18 bits per heavy atom. The van der Waals surface area contributed by atoms with E-state index in [9.17, 15) is 0 Å². The van der Waals surface area contributed by atoms with Gasteiger partial charge in [0.2, 0.25) is 0 Å². The predicted molar refractivity (Wildman–Crippen MR) is 68.9 cm³/mol. The number of hydrogen-bond donors (Lipinski definition) is 1. The predicted octanol–water partition coefficient (Wildman–Crippen LogP) is 2.40. The summed E-state index contributed by atoms with van der Waals surface area (Å²) in [4.78, 5) is 8.77. The second-order valence-corrected chi connectivity index (χ2v) is 4.16. The molecule has 1 N–H and O–H groups in total. The molecular formula is C14H17N3. The van der Waals surface area contributed by atoms with E-state index >= 15 is 0 Å². The van der Waals surface area contributed by atoms with Gasteiger partial charge < -0.3 is 5.32 Å². The molecule has 17 heavy (non-hydrogen) atoms. The van der Waals surface area contributed by atoms with Crippen molar-refractivity contribution in [3.8, 4) is 0 Å². The van der Waals surface area contributed by atoms with E-state index in [1.54, 1.807) is 0 Å². The number of pyridine rings is 2. The number of aryl methyl sites for hydroxylation is 2. The van der Waals surface area contributed by atoms with Crippen LogP contribution in [-0.4, -0.2) is 17.0 Å². The van der Waals surface area contributed by atoms with Crippen LogP contribution in [0.5, 0.6) is 0 Å². The van der Waals surface area contributed by atoms with Gasteiger partial charge in [-0.05, 0) is 50.2 Å². The summed E-state index contributed by atoms with van der Waals surface area (Å²) in [6.45, 7) is 4.10. The molecule has 3 heteroatoms. The van der Waals surface area contributed by atoms with Gasteiger partial charge in [-0.15, -0.1) is 0 Å². The lowest BCUT2D eigenvalue weighted by molar-refractivity contribution is 0.662. The molecule has 0 bridgehead atoms. The summed E-state index contributed by atoms with van der Waals surface area (Å²) in [5.74, 6) is 0. The molecule has 3 nitrogen and oxygen atoms in total. The first-order chi connectivity index (χ1) is 8.22. The van der Waals surface area contributed by atoms with Gasteiger partial charge in [0.25, 0.3) is 0 Å². The molecular weight excluding hydrogens is 210 g/mol. The number of hydrogen-bond acceptors (Lipinski definition) is 3. The molecule has 1 unspecified atom stereocenters. The molecule has 2 aromatic heterocycles. The number of nitrogens with one attached hydrogen (secondary N) is 1. The Hall–Kier alpha value is -1.74. The van der Waals surface area contributed by atoms with Gasteiger partial charge in [-0.1, -0.05) is 6.07 Å². The number of aromatic nitrogens is 2. The summed E-state index contributed by atoms with van der Waals surface area (Å²) in [6.07, 6.45) is 3.72. The van der Waals surface area contributed by atoms with E-state index in [0.29, 0.717) is 0 Å². The summed E-state index contributed by atoms with van der Waals surface area (Å²) in [7, 11) is 1.95. The average Bonchev–Trinajstić information content (AvgIpc) is 2.33. The fourth-order valence-electron chi connectivity index (χ4n) is 1.97. The van der Waals surface area contributed by atoms with Crippen molar-refractivity contribution in [2.45, 2.75) is 19.9 Å². The molecule has 1 atom stereocenters. The first-order valence-electron chi connectivity index (χ1n) is 5.73. The Labute approximate surface area is 102 Å². The second-order valence-electron chi connectivity index (χ2n) is 4.16. The molecule has 0 saturated heterocycles. The first kappa shape index (κ1) is 11.7. The molecule has 0 spiro atoms. The molecule has 2 rings (SSSR count). The van der Waals surface area contributed by atoms with E-state index in [4.69, 9.17) is 0 Å². The third kappa shape index (κ3) is 2.50. The lowest BCUT2D eigenvalue weighted by Crippen LogP contribution is -2.20. The van der Waals surface area contributed by atoms with Gasteiger partial charge in [0.15, 0.2) is 0 Å². The summed E-state index contributed by atoms with van der Waals surface area (Å²) in [6, 6.07) is 8.21. The van der Waals surface area contributed by atoms with Crippen LogP contribution in [-0.2, 0) is 0 Å². The SMILES string of the molecule is CNC(c1cccc(C)n1)c1cnccc1C. The van der Waals surface area contributed by atoms with E-state index < -0.39 is 0 Å². The van der Waals surface area contributed by atoms with Gasteiger partial charge in [-0.3, -0.25) is 9.97 Å². The lowest BCUT2D eigenvalue weighted by Gasteiger charge is -2.18. The molecule has 0 saturated carbocycles. The Bertz CT molecular complexity index is 508. The van der Waals surface area contributed by atoms with Crippen molar-refractivity contribution in [2.24, 2.45) is 0 Å². The van der Waals surface area contributed by atoms with E-state index in [-0.39, 0.29) is 6.04 Å². The van der Waals surface area contributed by atoms with Gasteiger partial charge >= 0.3 is 0 Å².